The average molecular weight is 211 g/mol. The summed E-state index contributed by atoms with van der Waals surface area (Å²) in [5.41, 5.74) is 0. The standard InChI is InChI=1S/C11H21N3O/c1-3-13(6-5-12)9-11-10-14(4-2)7-8-15-11/h11H,3-4,6-10H2,1-2H3. The van der Waals surface area contributed by atoms with Crippen molar-refractivity contribution in [1.82, 2.24) is 9.80 Å². The third-order valence-corrected chi connectivity index (χ3v) is 2.87. The molecule has 4 nitrogen and oxygen atoms in total. The molecule has 0 aromatic carbocycles. The predicted molar refractivity (Wildman–Crippen MR) is 59.6 cm³/mol. The molecule has 86 valence electrons. The summed E-state index contributed by atoms with van der Waals surface area (Å²) in [6.45, 7) is 10.5. The van der Waals surface area contributed by atoms with Crippen LogP contribution in [0.5, 0.6) is 0 Å². The fourth-order valence-corrected chi connectivity index (χ4v) is 1.87. The van der Waals surface area contributed by atoms with Crippen LogP contribution in [-0.2, 0) is 4.74 Å². The molecule has 0 bridgehead atoms. The highest BCUT2D eigenvalue weighted by Gasteiger charge is 2.20. The van der Waals surface area contributed by atoms with Gasteiger partial charge in [-0.3, -0.25) is 9.80 Å². The maximum atomic E-state index is 8.65. The highest BCUT2D eigenvalue weighted by molar-refractivity contribution is 4.80. The number of morpholine rings is 1. The van der Waals surface area contributed by atoms with E-state index in [1.54, 1.807) is 0 Å². The van der Waals surface area contributed by atoms with E-state index < -0.39 is 0 Å². The van der Waals surface area contributed by atoms with Crippen LogP contribution in [0.4, 0.5) is 0 Å². The van der Waals surface area contributed by atoms with Gasteiger partial charge in [-0.2, -0.15) is 5.26 Å². The van der Waals surface area contributed by atoms with Crippen molar-refractivity contribution in [2.45, 2.75) is 20.0 Å². The van der Waals surface area contributed by atoms with Gasteiger partial charge in [-0.05, 0) is 13.1 Å². The smallest absolute Gasteiger partial charge is 0.0866 e. The Balaban J connectivity index is 2.33. The first-order valence-electron chi connectivity index (χ1n) is 5.73. The fraction of sp³-hybridized carbons (Fsp3) is 0.909. The Kier molecular flexibility index (Phi) is 5.62. The number of hydrogen-bond acceptors (Lipinski definition) is 4. The van der Waals surface area contributed by atoms with Gasteiger partial charge in [0.1, 0.15) is 0 Å². The normalized spacial score (nSPS) is 22.9. The average Bonchev–Trinajstić information content (AvgIpc) is 2.29. The summed E-state index contributed by atoms with van der Waals surface area (Å²) < 4.78 is 5.70. The molecule has 0 saturated carbocycles. The first kappa shape index (κ1) is 12.4. The van der Waals surface area contributed by atoms with Crippen LogP contribution in [0.1, 0.15) is 13.8 Å². The Hall–Kier alpha value is -0.630. The van der Waals surface area contributed by atoms with E-state index in [0.29, 0.717) is 6.54 Å². The van der Waals surface area contributed by atoms with Crippen molar-refractivity contribution in [2.24, 2.45) is 0 Å². The Morgan fingerprint density at radius 3 is 2.93 bits per heavy atom. The highest BCUT2D eigenvalue weighted by atomic mass is 16.5. The number of rotatable bonds is 5. The van der Waals surface area contributed by atoms with Gasteiger partial charge in [-0.25, -0.2) is 0 Å². The largest absolute Gasteiger partial charge is 0.374 e. The molecule has 1 unspecified atom stereocenters. The lowest BCUT2D eigenvalue weighted by Gasteiger charge is -2.34. The van der Waals surface area contributed by atoms with Gasteiger partial charge in [0.2, 0.25) is 0 Å². The monoisotopic (exact) mass is 211 g/mol. The molecule has 1 rings (SSSR count). The zero-order chi connectivity index (χ0) is 11.1. The summed E-state index contributed by atoms with van der Waals surface area (Å²) in [5, 5.41) is 8.65. The number of nitrogens with zero attached hydrogens (tertiary/aromatic N) is 3. The minimum Gasteiger partial charge on any atom is -0.374 e. The van der Waals surface area contributed by atoms with Crippen LogP contribution >= 0.6 is 0 Å². The van der Waals surface area contributed by atoms with E-state index in [-0.39, 0.29) is 6.10 Å². The van der Waals surface area contributed by atoms with Crippen LogP contribution in [0.3, 0.4) is 0 Å². The maximum Gasteiger partial charge on any atom is 0.0866 e. The molecule has 1 aliphatic heterocycles. The van der Waals surface area contributed by atoms with E-state index in [0.717, 1.165) is 39.3 Å². The summed E-state index contributed by atoms with van der Waals surface area (Å²) in [7, 11) is 0. The van der Waals surface area contributed by atoms with E-state index in [1.807, 2.05) is 0 Å². The molecule has 0 N–H and O–H groups in total. The van der Waals surface area contributed by atoms with Crippen LogP contribution < -0.4 is 0 Å². The lowest BCUT2D eigenvalue weighted by atomic mass is 10.2. The van der Waals surface area contributed by atoms with Gasteiger partial charge in [0.15, 0.2) is 0 Å². The molecule has 0 aliphatic carbocycles. The van der Waals surface area contributed by atoms with Crippen molar-refractivity contribution in [2.75, 3.05) is 45.9 Å². The van der Waals surface area contributed by atoms with E-state index in [2.05, 4.69) is 29.7 Å². The number of hydrogen-bond donors (Lipinski definition) is 0. The van der Waals surface area contributed by atoms with E-state index in [9.17, 15) is 0 Å². The van der Waals surface area contributed by atoms with Gasteiger partial charge in [0.05, 0.1) is 25.3 Å². The molecule has 0 amide bonds. The number of nitriles is 1. The zero-order valence-electron chi connectivity index (χ0n) is 9.78. The molecule has 0 aromatic heterocycles. The van der Waals surface area contributed by atoms with E-state index >= 15 is 0 Å². The van der Waals surface area contributed by atoms with Crippen LogP contribution in [0.2, 0.25) is 0 Å². The molecule has 4 heteroatoms. The molecular formula is C11H21N3O. The number of ether oxygens (including phenoxy) is 1. The Bertz CT molecular complexity index is 214. The Morgan fingerprint density at radius 1 is 1.53 bits per heavy atom. The molecule has 15 heavy (non-hydrogen) atoms. The zero-order valence-corrected chi connectivity index (χ0v) is 9.78. The summed E-state index contributed by atoms with van der Waals surface area (Å²) in [6, 6.07) is 2.19. The summed E-state index contributed by atoms with van der Waals surface area (Å²) in [6.07, 6.45) is 0.270. The van der Waals surface area contributed by atoms with Gasteiger partial charge in [-0.1, -0.05) is 13.8 Å². The minimum atomic E-state index is 0.270. The van der Waals surface area contributed by atoms with E-state index in [4.69, 9.17) is 10.00 Å². The second-order valence-corrected chi connectivity index (χ2v) is 3.87. The predicted octanol–water partition coefficient (Wildman–Crippen LogP) is 0.553. The van der Waals surface area contributed by atoms with Gasteiger partial charge in [-0.15, -0.1) is 0 Å². The molecular weight excluding hydrogens is 190 g/mol. The van der Waals surface area contributed by atoms with Crippen molar-refractivity contribution in [3.05, 3.63) is 0 Å². The minimum absolute atomic E-state index is 0.270. The quantitative estimate of drug-likeness (QED) is 0.623. The molecule has 1 atom stereocenters. The topological polar surface area (TPSA) is 39.5 Å². The van der Waals surface area contributed by atoms with Crippen LogP contribution in [0.15, 0.2) is 0 Å². The van der Waals surface area contributed by atoms with Gasteiger partial charge >= 0.3 is 0 Å². The lowest BCUT2D eigenvalue weighted by molar-refractivity contribution is -0.0398. The molecule has 1 heterocycles. The molecule has 0 aromatic rings. The Morgan fingerprint density at radius 2 is 2.33 bits per heavy atom. The van der Waals surface area contributed by atoms with E-state index in [1.165, 1.54) is 0 Å². The third kappa shape index (κ3) is 4.17. The van der Waals surface area contributed by atoms with Gasteiger partial charge in [0.25, 0.3) is 0 Å². The van der Waals surface area contributed by atoms with Crippen molar-refractivity contribution >= 4 is 0 Å². The second kappa shape index (κ2) is 6.78. The molecule has 1 aliphatic rings. The summed E-state index contributed by atoms with van der Waals surface area (Å²) in [4.78, 5) is 4.53. The number of likely N-dealkylation sites (N-methyl/N-ethyl adjacent to an activating group) is 2. The first-order valence-corrected chi connectivity index (χ1v) is 5.73. The molecule has 1 fully saturated rings. The molecule has 0 spiro atoms. The van der Waals surface area contributed by atoms with Crippen LogP contribution in [0.25, 0.3) is 0 Å². The van der Waals surface area contributed by atoms with Crippen molar-refractivity contribution < 1.29 is 4.74 Å². The molecule has 0 radical (unpaired) electrons. The van der Waals surface area contributed by atoms with Crippen LogP contribution in [-0.4, -0.2) is 61.8 Å². The van der Waals surface area contributed by atoms with Crippen molar-refractivity contribution in [1.29, 1.82) is 5.26 Å². The summed E-state index contributed by atoms with van der Waals surface area (Å²) >= 11 is 0. The van der Waals surface area contributed by atoms with Gasteiger partial charge < -0.3 is 4.74 Å². The SMILES string of the molecule is CCN(CC#N)CC1CN(CC)CCO1. The maximum absolute atomic E-state index is 8.65. The molecule has 1 saturated heterocycles. The highest BCUT2D eigenvalue weighted by Crippen LogP contribution is 2.06. The lowest BCUT2D eigenvalue weighted by Crippen LogP contribution is -2.47. The van der Waals surface area contributed by atoms with Crippen molar-refractivity contribution in [3.8, 4) is 6.07 Å². The Labute approximate surface area is 92.4 Å². The van der Waals surface area contributed by atoms with Gasteiger partial charge in [0, 0.05) is 19.6 Å². The third-order valence-electron chi connectivity index (χ3n) is 2.87. The first-order chi connectivity index (χ1) is 7.30. The van der Waals surface area contributed by atoms with Crippen LogP contribution in [0, 0.1) is 11.3 Å². The fourth-order valence-electron chi connectivity index (χ4n) is 1.87. The second-order valence-electron chi connectivity index (χ2n) is 3.87. The van der Waals surface area contributed by atoms with Crippen molar-refractivity contribution in [3.63, 3.8) is 0 Å². The summed E-state index contributed by atoms with van der Waals surface area (Å²) in [5.74, 6) is 0.